The molecule has 1 aliphatic rings. The Labute approximate surface area is 156 Å². The lowest BCUT2D eigenvalue weighted by atomic mass is 10.1. The van der Waals surface area contributed by atoms with Crippen LogP contribution >= 0.6 is 0 Å². The molecule has 0 amide bonds. The van der Waals surface area contributed by atoms with E-state index in [-0.39, 0.29) is 17.2 Å². The molecule has 2 aromatic carbocycles. The number of aliphatic imine (C=N–C) groups is 1. The Kier molecular flexibility index (Phi) is 5.35. The van der Waals surface area contributed by atoms with Crippen LogP contribution in [-0.2, 0) is 9.53 Å². The van der Waals surface area contributed by atoms with Crippen molar-refractivity contribution >= 4 is 17.9 Å². The Balaban J connectivity index is 1.91. The molecule has 0 fully saturated rings. The highest BCUT2D eigenvalue weighted by Gasteiger charge is 2.26. The lowest BCUT2D eigenvalue weighted by Crippen LogP contribution is -2.07. The van der Waals surface area contributed by atoms with Crippen LogP contribution < -0.4 is 9.47 Å². The van der Waals surface area contributed by atoms with E-state index >= 15 is 0 Å². The van der Waals surface area contributed by atoms with E-state index in [1.165, 1.54) is 12.1 Å². The summed E-state index contributed by atoms with van der Waals surface area (Å²) in [5.74, 6) is -0.141. The second kappa shape index (κ2) is 7.86. The summed E-state index contributed by atoms with van der Waals surface area (Å²) < 4.78 is 29.9. The molecule has 0 bridgehead atoms. The Morgan fingerprint density at radius 2 is 2.04 bits per heavy atom. The van der Waals surface area contributed by atoms with Gasteiger partial charge < -0.3 is 14.2 Å². The quantitative estimate of drug-likeness (QED) is 0.438. The molecule has 27 heavy (non-hydrogen) atoms. The number of cyclic esters (lactones) is 1. The third-order valence-electron chi connectivity index (χ3n) is 3.69. The number of hydrogen-bond acceptors (Lipinski definition) is 5. The number of carbonyl (C=O) groups excluding carboxylic acids is 1. The summed E-state index contributed by atoms with van der Waals surface area (Å²) in [7, 11) is 1.54. The maximum absolute atomic E-state index is 13.9. The van der Waals surface area contributed by atoms with E-state index in [2.05, 4.69) is 11.6 Å². The maximum Gasteiger partial charge on any atom is 0.363 e. The Morgan fingerprint density at radius 1 is 1.26 bits per heavy atom. The van der Waals surface area contributed by atoms with Gasteiger partial charge in [0, 0.05) is 0 Å². The van der Waals surface area contributed by atoms with E-state index in [9.17, 15) is 9.18 Å². The van der Waals surface area contributed by atoms with E-state index in [0.717, 1.165) is 5.57 Å². The molecular formula is C21H18FNO4. The zero-order chi connectivity index (χ0) is 19.4. The number of ether oxygens (including phenoxy) is 3. The van der Waals surface area contributed by atoms with Gasteiger partial charge in [-0.1, -0.05) is 24.8 Å². The first kappa shape index (κ1) is 18.4. The van der Waals surface area contributed by atoms with Crippen molar-refractivity contribution < 1.29 is 23.4 Å². The fourth-order valence-corrected chi connectivity index (χ4v) is 2.41. The first-order valence-corrected chi connectivity index (χ1v) is 8.20. The maximum atomic E-state index is 13.9. The second-order valence-electron chi connectivity index (χ2n) is 5.97. The summed E-state index contributed by atoms with van der Waals surface area (Å²) in [5.41, 5.74) is 1.73. The molecule has 2 aromatic rings. The van der Waals surface area contributed by atoms with Crippen LogP contribution in [0.15, 0.2) is 65.3 Å². The van der Waals surface area contributed by atoms with Crippen molar-refractivity contribution in [3.63, 3.8) is 0 Å². The van der Waals surface area contributed by atoms with E-state index in [4.69, 9.17) is 14.2 Å². The van der Waals surface area contributed by atoms with Crippen LogP contribution in [0.3, 0.4) is 0 Å². The van der Waals surface area contributed by atoms with E-state index < -0.39 is 11.8 Å². The van der Waals surface area contributed by atoms with E-state index in [1.54, 1.807) is 43.5 Å². The molecule has 0 spiro atoms. The first-order valence-electron chi connectivity index (χ1n) is 8.20. The molecule has 0 atom stereocenters. The van der Waals surface area contributed by atoms with E-state index in [1.807, 2.05) is 6.92 Å². The van der Waals surface area contributed by atoms with Crippen molar-refractivity contribution in [2.24, 2.45) is 4.99 Å². The average Bonchev–Trinajstić information content (AvgIpc) is 3.00. The number of carbonyl (C=O) groups is 1. The normalized spacial score (nSPS) is 14.7. The number of halogens is 1. The molecule has 0 aliphatic carbocycles. The number of hydrogen-bond donors (Lipinski definition) is 0. The molecule has 0 N–H and O–H groups in total. The molecular weight excluding hydrogens is 349 g/mol. The summed E-state index contributed by atoms with van der Waals surface area (Å²) in [4.78, 5) is 16.2. The SMILES string of the molecule is C=C(C)COc1cc(/C=C2/N=C(c3ccccc3F)OC2=O)ccc1OC. The van der Waals surface area contributed by atoms with Crippen LogP contribution in [0.4, 0.5) is 4.39 Å². The van der Waals surface area contributed by atoms with Gasteiger partial charge in [0.1, 0.15) is 12.4 Å². The largest absolute Gasteiger partial charge is 0.493 e. The Bertz CT molecular complexity index is 962. The number of methoxy groups -OCH3 is 1. The molecule has 1 heterocycles. The van der Waals surface area contributed by atoms with Crippen LogP contribution in [0.2, 0.25) is 0 Å². The van der Waals surface area contributed by atoms with Crippen molar-refractivity contribution in [1.82, 2.24) is 0 Å². The number of benzene rings is 2. The van der Waals surface area contributed by atoms with Gasteiger partial charge in [-0.25, -0.2) is 14.2 Å². The van der Waals surface area contributed by atoms with Gasteiger partial charge in [-0.15, -0.1) is 0 Å². The predicted octanol–water partition coefficient (Wildman–Crippen LogP) is 4.13. The van der Waals surface area contributed by atoms with Gasteiger partial charge in [-0.2, -0.15) is 0 Å². The first-order chi connectivity index (χ1) is 13.0. The zero-order valence-corrected chi connectivity index (χ0v) is 15.0. The smallest absolute Gasteiger partial charge is 0.363 e. The average molecular weight is 367 g/mol. The fraction of sp³-hybridized carbons (Fsp3) is 0.143. The summed E-state index contributed by atoms with van der Waals surface area (Å²) in [5, 5.41) is 0. The topological polar surface area (TPSA) is 57.1 Å². The molecule has 0 radical (unpaired) electrons. The third kappa shape index (κ3) is 4.23. The Morgan fingerprint density at radius 3 is 2.74 bits per heavy atom. The van der Waals surface area contributed by atoms with Crippen LogP contribution in [0.5, 0.6) is 11.5 Å². The summed E-state index contributed by atoms with van der Waals surface area (Å²) in [6, 6.07) is 11.2. The number of rotatable bonds is 6. The van der Waals surface area contributed by atoms with Gasteiger partial charge in [-0.05, 0) is 48.4 Å². The highest BCUT2D eigenvalue weighted by atomic mass is 19.1. The molecule has 0 saturated carbocycles. The van der Waals surface area contributed by atoms with Crippen LogP contribution in [-0.4, -0.2) is 25.6 Å². The molecule has 3 rings (SSSR count). The molecule has 0 unspecified atom stereocenters. The highest BCUT2D eigenvalue weighted by Crippen LogP contribution is 2.30. The van der Waals surface area contributed by atoms with Crippen molar-refractivity contribution in [1.29, 1.82) is 0 Å². The van der Waals surface area contributed by atoms with Gasteiger partial charge in [0.25, 0.3) is 0 Å². The monoisotopic (exact) mass is 367 g/mol. The van der Waals surface area contributed by atoms with Crippen LogP contribution in [0.1, 0.15) is 18.1 Å². The predicted molar refractivity (Wildman–Crippen MR) is 100 cm³/mol. The summed E-state index contributed by atoms with van der Waals surface area (Å²) >= 11 is 0. The molecule has 0 aromatic heterocycles. The van der Waals surface area contributed by atoms with Crippen LogP contribution in [0.25, 0.3) is 6.08 Å². The second-order valence-corrected chi connectivity index (χ2v) is 5.97. The molecule has 138 valence electrons. The minimum absolute atomic E-state index is 0.0587. The van der Waals surface area contributed by atoms with Crippen molar-refractivity contribution in [3.8, 4) is 11.5 Å². The number of esters is 1. The third-order valence-corrected chi connectivity index (χ3v) is 3.69. The lowest BCUT2D eigenvalue weighted by Gasteiger charge is -2.11. The highest BCUT2D eigenvalue weighted by molar-refractivity contribution is 6.12. The Hall–Kier alpha value is -3.41. The standard InChI is InChI=1S/C21H18FNO4/c1-13(2)12-26-19-11-14(8-9-18(19)25-3)10-17-21(24)27-20(23-17)15-6-4-5-7-16(15)22/h4-11H,1,12H2,2-3H3/b17-10+. The fourth-order valence-electron chi connectivity index (χ4n) is 2.41. The molecule has 1 aliphatic heterocycles. The van der Waals surface area contributed by atoms with Gasteiger partial charge in [0.05, 0.1) is 12.7 Å². The molecule has 0 saturated heterocycles. The van der Waals surface area contributed by atoms with Gasteiger partial charge in [0.15, 0.2) is 17.2 Å². The van der Waals surface area contributed by atoms with Gasteiger partial charge >= 0.3 is 5.97 Å². The van der Waals surface area contributed by atoms with E-state index in [0.29, 0.717) is 23.7 Å². The van der Waals surface area contributed by atoms with Crippen molar-refractivity contribution in [3.05, 3.63) is 77.3 Å². The molecule has 6 heteroatoms. The number of nitrogens with zero attached hydrogens (tertiary/aromatic N) is 1. The van der Waals surface area contributed by atoms with Crippen LogP contribution in [0, 0.1) is 5.82 Å². The summed E-state index contributed by atoms with van der Waals surface area (Å²) in [6.07, 6.45) is 1.54. The van der Waals surface area contributed by atoms with Gasteiger partial charge in [0.2, 0.25) is 5.90 Å². The van der Waals surface area contributed by atoms with Gasteiger partial charge in [-0.3, -0.25) is 0 Å². The summed E-state index contributed by atoms with van der Waals surface area (Å²) in [6.45, 7) is 5.99. The zero-order valence-electron chi connectivity index (χ0n) is 15.0. The molecule has 5 nitrogen and oxygen atoms in total. The lowest BCUT2D eigenvalue weighted by molar-refractivity contribution is -0.129. The minimum atomic E-state index is -0.645. The van der Waals surface area contributed by atoms with Crippen molar-refractivity contribution in [2.75, 3.05) is 13.7 Å². The minimum Gasteiger partial charge on any atom is -0.493 e. The van der Waals surface area contributed by atoms with Crippen molar-refractivity contribution in [2.45, 2.75) is 6.92 Å².